The van der Waals surface area contributed by atoms with Crippen LogP contribution in [0.15, 0.2) is 0 Å². The molecule has 0 radical (unpaired) electrons. The Labute approximate surface area is 563 Å². The molecule has 49 nitrogen and oxygen atoms in total. The molecule has 5 saturated heterocycles. The molecule has 100 heavy (non-hydrogen) atoms. The van der Waals surface area contributed by atoms with Crippen LogP contribution in [0.3, 0.4) is 0 Å². The molecule has 38 N–H and O–H groups in total. The molecule has 5 fully saturated rings. The Kier molecular flexibility index (Phi) is 49.9. The van der Waals surface area contributed by atoms with Crippen molar-refractivity contribution in [1.29, 1.82) is 0 Å². The Bertz CT molecular complexity index is 1970. The standard InChI is InChI=1S/2C12H22O11.2C6H12O6.3C5H10O5/c2*13-1-3-5(15)6(16)9(19)12(22-3)23-10-4(2-14)21-11(20)8(18)7(10)17;2*7-1-3(9)5(11)6(12)4(10)2-8;6-2-1-10-5(9)4(8)3(2)7;2*6-1-3(8)5(10)4(9)2-7/h2*3-20H,1-2H2;2*1,3-6,8-12H,2H2;2-9H,1H2;2*1,3-5,7-10H,2H2/t3-,4-,5+,6+,7-,8-,9-,10-,11-,12+;3-,4-,5-,6+,7-,8-,9-,10-,11-,12-;3-,4+,5+,6+;3-,4-,5-,6-;2-,3+,4-,5?;3-,4+,5-;3-,4-,5+/m1101101/s1. The molecular weight excluding hydrogens is 1400 g/mol. The van der Waals surface area contributed by atoms with Gasteiger partial charge in [-0.3, -0.25) is 0 Å². The first-order valence-electron chi connectivity index (χ1n) is 29.2. The zero-order valence-electron chi connectivity index (χ0n) is 52.1. The number of aliphatic hydroxyl groups excluding tert-OH is 38. The summed E-state index contributed by atoms with van der Waals surface area (Å²) >= 11 is 0. The summed E-state index contributed by atoms with van der Waals surface area (Å²) in [7, 11) is 0. The molecule has 596 valence electrons. The summed E-state index contributed by atoms with van der Waals surface area (Å²) in [5, 5.41) is 343. The van der Waals surface area contributed by atoms with Crippen LogP contribution in [-0.2, 0) is 52.3 Å². The highest BCUT2D eigenvalue weighted by atomic mass is 16.7. The molecule has 0 aliphatic carbocycles. The largest absolute Gasteiger partial charge is 0.394 e. The third-order valence-corrected chi connectivity index (χ3v) is 14.4. The van der Waals surface area contributed by atoms with Crippen molar-refractivity contribution >= 4 is 25.1 Å². The lowest BCUT2D eigenvalue weighted by Gasteiger charge is -2.45. The van der Waals surface area contributed by atoms with Crippen molar-refractivity contribution in [2.45, 2.75) is 233 Å². The van der Waals surface area contributed by atoms with Crippen LogP contribution in [-0.4, -0.2) is 512 Å². The molecule has 0 aromatic rings. The number of ether oxygens (including phenoxy) is 7. The molecule has 49 heteroatoms. The van der Waals surface area contributed by atoms with E-state index in [1.54, 1.807) is 0 Å². The average Bonchev–Trinajstić information content (AvgIpc) is 0.796. The molecule has 38 atom stereocenters. The third kappa shape index (κ3) is 30.4. The van der Waals surface area contributed by atoms with E-state index in [0.717, 1.165) is 0 Å². The van der Waals surface area contributed by atoms with E-state index in [1.807, 2.05) is 0 Å². The molecule has 5 heterocycles. The zero-order valence-corrected chi connectivity index (χ0v) is 52.1. The molecule has 0 saturated carbocycles. The fourth-order valence-corrected chi connectivity index (χ4v) is 8.00. The van der Waals surface area contributed by atoms with E-state index in [2.05, 4.69) is 4.74 Å². The van der Waals surface area contributed by atoms with Gasteiger partial charge in [0.2, 0.25) is 0 Å². The minimum atomic E-state index is -1.79. The van der Waals surface area contributed by atoms with Crippen molar-refractivity contribution in [1.82, 2.24) is 0 Å². The summed E-state index contributed by atoms with van der Waals surface area (Å²) < 4.78 is 35.0. The first-order valence-corrected chi connectivity index (χ1v) is 29.2. The maximum absolute atomic E-state index is 9.94. The fourth-order valence-electron chi connectivity index (χ4n) is 8.00. The van der Waals surface area contributed by atoms with Crippen molar-refractivity contribution in [2.75, 3.05) is 59.5 Å². The highest BCUT2D eigenvalue weighted by Crippen LogP contribution is 2.31. The highest BCUT2D eigenvalue weighted by molar-refractivity contribution is 5.57. The van der Waals surface area contributed by atoms with Crippen LogP contribution < -0.4 is 0 Å². The second-order valence-corrected chi connectivity index (χ2v) is 21.8. The van der Waals surface area contributed by atoms with Crippen molar-refractivity contribution in [2.24, 2.45) is 0 Å². The number of rotatable bonds is 26. The lowest BCUT2D eigenvalue weighted by molar-refractivity contribution is -0.355. The minimum absolute atomic E-state index is 0.0258. The summed E-state index contributed by atoms with van der Waals surface area (Å²) in [5.74, 6) is 0. The van der Waals surface area contributed by atoms with Crippen LogP contribution in [0.25, 0.3) is 0 Å². The number of carbonyl (C=O) groups is 4. The van der Waals surface area contributed by atoms with E-state index < -0.39 is 286 Å². The van der Waals surface area contributed by atoms with E-state index in [-0.39, 0.29) is 31.8 Å². The van der Waals surface area contributed by atoms with Gasteiger partial charge in [0.15, 0.2) is 56.6 Å². The van der Waals surface area contributed by atoms with Gasteiger partial charge in [0.25, 0.3) is 0 Å². The quantitative estimate of drug-likeness (QED) is 0.0358. The van der Waals surface area contributed by atoms with Crippen LogP contribution in [0.4, 0.5) is 0 Å². The summed E-state index contributed by atoms with van der Waals surface area (Å²) in [6.07, 6.45) is -59.3. The maximum Gasteiger partial charge on any atom is 0.187 e. The number of aldehydes is 4. The topological polar surface area (TPSA) is 902 Å². The zero-order chi connectivity index (χ0) is 78.1. The summed E-state index contributed by atoms with van der Waals surface area (Å²) in [6, 6.07) is 0. The number of hydrogen-bond acceptors (Lipinski definition) is 49. The van der Waals surface area contributed by atoms with E-state index in [0.29, 0.717) is 0 Å². The summed E-state index contributed by atoms with van der Waals surface area (Å²) in [4.78, 5) is 39.3. The van der Waals surface area contributed by atoms with E-state index in [4.69, 9.17) is 151 Å². The molecule has 5 rings (SSSR count). The van der Waals surface area contributed by atoms with Crippen molar-refractivity contribution in [3.05, 3.63) is 0 Å². The Morgan fingerprint density at radius 1 is 0.290 bits per heavy atom. The molecule has 0 bridgehead atoms. The van der Waals surface area contributed by atoms with Gasteiger partial charge in [0, 0.05) is 0 Å². The smallest absolute Gasteiger partial charge is 0.187 e. The van der Waals surface area contributed by atoms with Crippen LogP contribution in [0, 0.1) is 0 Å². The fraction of sp³-hybridized carbons (Fsp3) is 0.922. The van der Waals surface area contributed by atoms with E-state index >= 15 is 0 Å². The van der Waals surface area contributed by atoms with Crippen LogP contribution in [0.5, 0.6) is 0 Å². The number of hydrogen-bond donors (Lipinski definition) is 38. The van der Waals surface area contributed by atoms with Gasteiger partial charge >= 0.3 is 0 Å². The van der Waals surface area contributed by atoms with Crippen LogP contribution in [0.1, 0.15) is 0 Å². The Balaban J connectivity index is 0. The third-order valence-electron chi connectivity index (χ3n) is 14.4. The van der Waals surface area contributed by atoms with Gasteiger partial charge in [0.1, 0.15) is 201 Å². The van der Waals surface area contributed by atoms with Crippen LogP contribution >= 0.6 is 0 Å². The molecule has 5 aliphatic heterocycles. The van der Waals surface area contributed by atoms with Gasteiger partial charge in [-0.25, -0.2) is 0 Å². The molecule has 0 amide bonds. The number of carbonyl (C=O) groups excluding carboxylic acids is 4. The van der Waals surface area contributed by atoms with Gasteiger partial charge in [-0.2, -0.15) is 0 Å². The predicted molar refractivity (Wildman–Crippen MR) is 304 cm³/mol. The molecule has 1 unspecified atom stereocenters. The molecule has 0 spiro atoms. The summed E-state index contributed by atoms with van der Waals surface area (Å²) in [6.45, 7) is -5.74. The maximum atomic E-state index is 9.94. The van der Waals surface area contributed by atoms with Gasteiger partial charge < -0.3 is 246 Å². The minimum Gasteiger partial charge on any atom is -0.394 e. The number of aliphatic hydroxyl groups is 38. The second kappa shape index (κ2) is 50.4. The predicted octanol–water partition coefficient (Wildman–Crippen LogP) is -25.6. The molecule has 0 aromatic heterocycles. The van der Waals surface area contributed by atoms with E-state index in [9.17, 15) is 90.7 Å². The lowest BCUT2D eigenvalue weighted by Crippen LogP contribution is -2.64. The Morgan fingerprint density at radius 3 is 0.800 bits per heavy atom. The van der Waals surface area contributed by atoms with Gasteiger partial charge in [-0.15, -0.1) is 0 Å². The Morgan fingerprint density at radius 2 is 0.550 bits per heavy atom. The van der Waals surface area contributed by atoms with E-state index in [1.165, 1.54) is 0 Å². The molecule has 5 aliphatic rings. The molecule has 0 aromatic carbocycles. The first kappa shape index (κ1) is 98.9. The van der Waals surface area contributed by atoms with Gasteiger partial charge in [0.05, 0.1) is 59.5 Å². The lowest BCUT2D eigenvalue weighted by atomic mass is 9.97. The second-order valence-electron chi connectivity index (χ2n) is 21.8. The SMILES string of the molecule is O=C[C@@H](O)[C@@H](O)[C@H](O)[C@H](O)CO.O=C[C@@H](O)[C@H](O)[C@H](O)CO.O=C[C@H](O)[C@@H](O)[C@H](O)[C@H](O)CO.O=C[C@H](O)[C@H](O)[C@H](O)CO.OC1OC[C@@H](O)[C@H](O)[C@H]1O.OC[C@H]1O[C@@H](O[C@H]2[C@H](O)[C@@H](O)[C@H](O)O[C@@H]2CO)[C@H](O)[C@@H](O)[C@H]1O.OC[C@H]1O[C@H](O[C@H]2[C@H](O)[C@@H](O)[C@H](O)O[C@@H]2CO)[C@H](O)[C@@H](O)[C@@H]1O. The van der Waals surface area contributed by atoms with Crippen molar-refractivity contribution in [3.63, 3.8) is 0 Å². The van der Waals surface area contributed by atoms with Crippen molar-refractivity contribution in [3.8, 4) is 0 Å². The average molecular weight is 1500 g/mol. The highest BCUT2D eigenvalue weighted by Gasteiger charge is 2.52. The molecular formula is C51H98O49. The van der Waals surface area contributed by atoms with Crippen molar-refractivity contribution < 1.29 is 246 Å². The van der Waals surface area contributed by atoms with Gasteiger partial charge in [-0.1, -0.05) is 0 Å². The monoisotopic (exact) mass is 1490 g/mol. The van der Waals surface area contributed by atoms with Gasteiger partial charge in [-0.05, 0) is 0 Å². The Hall–Kier alpha value is -3.12. The summed E-state index contributed by atoms with van der Waals surface area (Å²) in [5.41, 5.74) is 0. The normalized spacial score (nSPS) is 37.7. The first-order chi connectivity index (χ1) is 46.6. The van der Waals surface area contributed by atoms with Crippen LogP contribution in [0.2, 0.25) is 0 Å².